The average molecular weight is 683 g/mol. The Morgan fingerprint density at radius 3 is 2.10 bits per heavy atom. The second-order valence-corrected chi connectivity index (χ2v) is 16.7. The van der Waals surface area contributed by atoms with Gasteiger partial charge >= 0.3 is 12.2 Å². The fraction of sp³-hybridized carbons (Fsp3) is 0.474. The van der Waals surface area contributed by atoms with Crippen LogP contribution in [0.3, 0.4) is 0 Å². The number of benzene rings is 2. The first-order chi connectivity index (χ1) is 23.1. The Kier molecular flexibility index (Phi) is 8.24. The molecular weight excluding hydrogens is 637 g/mol. The second kappa shape index (κ2) is 12.2. The first kappa shape index (κ1) is 33.1. The largest absolute Gasteiger partial charge is 0.444 e. The quantitative estimate of drug-likeness (QED) is 0.195. The number of hydrogen-bond donors (Lipinski definition) is 2. The monoisotopic (exact) mass is 682 g/mol. The smallest absolute Gasteiger partial charge is 0.411 e. The van der Waals surface area contributed by atoms with Gasteiger partial charge in [-0.3, -0.25) is 9.80 Å². The molecule has 0 bridgehead atoms. The van der Waals surface area contributed by atoms with Gasteiger partial charge in [0.15, 0.2) is 0 Å². The molecule has 10 nitrogen and oxygen atoms in total. The van der Waals surface area contributed by atoms with Crippen molar-refractivity contribution in [3.05, 3.63) is 60.2 Å². The number of aromatic nitrogens is 4. The van der Waals surface area contributed by atoms with E-state index in [1.165, 1.54) is 0 Å². The van der Waals surface area contributed by atoms with Crippen molar-refractivity contribution >= 4 is 44.9 Å². The molecule has 49 heavy (non-hydrogen) atoms. The highest BCUT2D eigenvalue weighted by atomic mass is 32.1. The molecule has 2 fully saturated rings. The Morgan fingerprint density at radius 1 is 0.776 bits per heavy atom. The summed E-state index contributed by atoms with van der Waals surface area (Å²) in [6, 6.07) is 16.8. The predicted octanol–water partition coefficient (Wildman–Crippen LogP) is 9.61. The second-order valence-electron chi connectivity index (χ2n) is 15.7. The zero-order chi connectivity index (χ0) is 34.8. The lowest BCUT2D eigenvalue weighted by atomic mass is 10.0. The maximum absolute atomic E-state index is 13.1. The van der Waals surface area contributed by atoms with E-state index in [1.54, 1.807) is 11.3 Å². The van der Waals surface area contributed by atoms with Crippen LogP contribution in [0.5, 0.6) is 0 Å². The van der Waals surface area contributed by atoms with Crippen LogP contribution >= 0.6 is 11.3 Å². The number of fused-ring (bicyclic) bond motifs is 2. The summed E-state index contributed by atoms with van der Waals surface area (Å²) in [5, 5.41) is 0. The number of nitrogens with zero attached hydrogens (tertiary/aromatic N) is 4. The number of ether oxygens (including phenoxy) is 2. The molecule has 3 unspecified atom stereocenters. The minimum absolute atomic E-state index is 0.0851. The molecule has 11 heteroatoms. The van der Waals surface area contributed by atoms with E-state index >= 15 is 0 Å². The Balaban J connectivity index is 1.07. The number of thiophene rings is 1. The van der Waals surface area contributed by atoms with E-state index in [0.29, 0.717) is 12.5 Å². The Labute approximate surface area is 291 Å². The molecule has 7 rings (SSSR count). The zero-order valence-electron chi connectivity index (χ0n) is 29.6. The number of H-pyrrole nitrogens is 2. The van der Waals surface area contributed by atoms with Gasteiger partial charge in [-0.15, -0.1) is 11.3 Å². The van der Waals surface area contributed by atoms with E-state index in [2.05, 4.69) is 66.3 Å². The van der Waals surface area contributed by atoms with Crippen molar-refractivity contribution in [3.8, 4) is 21.6 Å². The molecule has 2 amide bonds. The van der Waals surface area contributed by atoms with Gasteiger partial charge in [-0.05, 0) is 109 Å². The maximum atomic E-state index is 13.1. The minimum atomic E-state index is -0.554. The molecule has 2 aliphatic heterocycles. The van der Waals surface area contributed by atoms with Crippen LogP contribution in [0.15, 0.2) is 48.5 Å². The summed E-state index contributed by atoms with van der Waals surface area (Å²) in [6.45, 7) is 16.2. The van der Waals surface area contributed by atoms with E-state index in [-0.39, 0.29) is 30.3 Å². The number of imidazole rings is 2. The third kappa shape index (κ3) is 6.77. The summed E-state index contributed by atoms with van der Waals surface area (Å²) in [5.74, 6) is 1.98. The fourth-order valence-corrected chi connectivity index (χ4v) is 8.03. The van der Waals surface area contributed by atoms with Crippen LogP contribution in [-0.2, 0) is 9.47 Å². The molecule has 4 atom stereocenters. The summed E-state index contributed by atoms with van der Waals surface area (Å²) >= 11 is 1.65. The van der Waals surface area contributed by atoms with Crippen molar-refractivity contribution in [2.24, 2.45) is 5.92 Å². The first-order valence-corrected chi connectivity index (χ1v) is 18.0. The highest BCUT2D eigenvalue weighted by molar-refractivity contribution is 7.21. The van der Waals surface area contributed by atoms with Gasteiger partial charge in [-0.2, -0.15) is 0 Å². The fourth-order valence-electron chi connectivity index (χ4n) is 7.03. The summed E-state index contributed by atoms with van der Waals surface area (Å²) in [6.07, 6.45) is 2.01. The van der Waals surface area contributed by atoms with Crippen LogP contribution in [-0.4, -0.2) is 65.7 Å². The van der Waals surface area contributed by atoms with E-state index in [9.17, 15) is 9.59 Å². The maximum Gasteiger partial charge on any atom is 0.411 e. The molecule has 0 aliphatic carbocycles. The van der Waals surface area contributed by atoms with Crippen molar-refractivity contribution in [2.75, 3.05) is 6.54 Å². The highest BCUT2D eigenvalue weighted by Gasteiger charge is 2.40. The lowest BCUT2D eigenvalue weighted by molar-refractivity contribution is 0.0150. The van der Waals surface area contributed by atoms with Gasteiger partial charge in [0.05, 0.1) is 28.6 Å². The number of amides is 2. The first-order valence-electron chi connectivity index (χ1n) is 17.2. The van der Waals surface area contributed by atoms with E-state index in [1.807, 2.05) is 57.4 Å². The van der Waals surface area contributed by atoms with Crippen LogP contribution in [0.4, 0.5) is 9.59 Å². The predicted molar refractivity (Wildman–Crippen MR) is 193 cm³/mol. The molecule has 0 spiro atoms. The lowest BCUT2D eigenvalue weighted by Gasteiger charge is -2.30. The number of carbonyl (C=O) groups excluding carboxylic acids is 2. The van der Waals surface area contributed by atoms with Gasteiger partial charge in [-0.1, -0.05) is 37.3 Å². The summed E-state index contributed by atoms with van der Waals surface area (Å²) in [5.41, 5.74) is 5.01. The molecule has 2 aliphatic rings. The third-order valence-electron chi connectivity index (χ3n) is 9.24. The third-order valence-corrected chi connectivity index (χ3v) is 10.3. The molecule has 2 N–H and O–H groups in total. The van der Waals surface area contributed by atoms with Crippen molar-refractivity contribution < 1.29 is 19.1 Å². The van der Waals surface area contributed by atoms with Gasteiger partial charge in [0.2, 0.25) is 0 Å². The van der Waals surface area contributed by atoms with Crippen LogP contribution < -0.4 is 0 Å². The van der Waals surface area contributed by atoms with Crippen LogP contribution in [0.2, 0.25) is 0 Å². The molecule has 2 saturated heterocycles. The van der Waals surface area contributed by atoms with Crippen LogP contribution in [0.25, 0.3) is 42.9 Å². The highest BCUT2D eigenvalue weighted by Crippen LogP contribution is 2.40. The average Bonchev–Trinajstić information content (AvgIpc) is 3.82. The van der Waals surface area contributed by atoms with Gasteiger partial charge < -0.3 is 19.4 Å². The molecule has 5 heterocycles. The number of nitrogens with one attached hydrogen (secondary N) is 2. The van der Waals surface area contributed by atoms with Crippen LogP contribution in [0.1, 0.15) is 98.4 Å². The SMILES string of the molecule is CC1CCC(c2nc3ccc(-c4ccc(-c5cc6[nH]c(C7C[C@H](C)CN7C(=O)OC(C)(C)C)nc6s5)cc4)cc3[nH]2)N1C(=O)OC(C)(C)C. The Hall–Kier alpha value is -4.38. The molecule has 3 aromatic heterocycles. The van der Waals surface area contributed by atoms with Crippen LogP contribution in [0, 0.1) is 5.92 Å². The van der Waals surface area contributed by atoms with Crippen molar-refractivity contribution in [1.82, 2.24) is 29.7 Å². The topological polar surface area (TPSA) is 116 Å². The summed E-state index contributed by atoms with van der Waals surface area (Å²) in [7, 11) is 0. The minimum Gasteiger partial charge on any atom is -0.444 e. The number of carbonyl (C=O) groups is 2. The lowest BCUT2D eigenvalue weighted by Crippen LogP contribution is -2.40. The number of aromatic amines is 2. The molecule has 5 aromatic rings. The number of likely N-dealkylation sites (tertiary alicyclic amines) is 2. The zero-order valence-corrected chi connectivity index (χ0v) is 30.4. The molecule has 258 valence electrons. The molecular formula is C38H46N6O4S. The van der Waals surface area contributed by atoms with Crippen molar-refractivity contribution in [1.29, 1.82) is 0 Å². The van der Waals surface area contributed by atoms with E-state index in [0.717, 1.165) is 73.9 Å². The Morgan fingerprint density at radius 2 is 1.41 bits per heavy atom. The Bertz CT molecular complexity index is 1980. The molecule has 0 radical (unpaired) electrons. The van der Waals surface area contributed by atoms with Gasteiger partial charge in [0, 0.05) is 17.5 Å². The van der Waals surface area contributed by atoms with Gasteiger partial charge in [-0.25, -0.2) is 19.6 Å². The summed E-state index contributed by atoms with van der Waals surface area (Å²) < 4.78 is 11.4. The molecule has 0 saturated carbocycles. The van der Waals surface area contributed by atoms with E-state index < -0.39 is 11.2 Å². The van der Waals surface area contributed by atoms with Gasteiger partial charge in [0.1, 0.15) is 27.7 Å². The number of hydrogen-bond acceptors (Lipinski definition) is 7. The molecule has 2 aromatic carbocycles. The number of rotatable bonds is 4. The normalized spacial score (nSPS) is 21.6. The standard InChI is InChI=1S/C38H46N6O4S/c1-21-17-30(43(20-21)35(45)47-37(3,4)5)33-41-28-19-31(49-34(28)42-33)24-12-10-23(11-13-24)25-14-15-26-27(18-25)40-32(39-26)29-16-9-22(2)44(29)36(46)48-38(6,7)8/h10-15,18-19,21-22,29-30H,9,16-17,20H2,1-8H3,(H,39,40)(H,41,42)/t21-,22?,29?,30?/m0/s1. The summed E-state index contributed by atoms with van der Waals surface area (Å²) in [4.78, 5) is 48.6. The van der Waals surface area contributed by atoms with E-state index in [4.69, 9.17) is 19.4 Å². The van der Waals surface area contributed by atoms with Gasteiger partial charge in [0.25, 0.3) is 0 Å². The van der Waals surface area contributed by atoms with Crippen molar-refractivity contribution in [3.63, 3.8) is 0 Å². The van der Waals surface area contributed by atoms with Crippen molar-refractivity contribution in [2.45, 2.75) is 104 Å².